The van der Waals surface area contributed by atoms with Crippen LogP contribution in [0.5, 0.6) is 0 Å². The molecule has 1 fully saturated rings. The van der Waals surface area contributed by atoms with E-state index in [-0.39, 0.29) is 5.69 Å². The van der Waals surface area contributed by atoms with Crippen molar-refractivity contribution in [1.82, 2.24) is 24.0 Å². The fourth-order valence-electron chi connectivity index (χ4n) is 3.31. The van der Waals surface area contributed by atoms with Crippen LogP contribution in [0.15, 0.2) is 41.9 Å². The molecule has 2 aromatic heterocycles. The predicted octanol–water partition coefficient (Wildman–Crippen LogP) is 1.02. The predicted molar refractivity (Wildman–Crippen MR) is 112 cm³/mol. The Bertz CT molecular complexity index is 1150. The minimum atomic E-state index is -3.67. The summed E-state index contributed by atoms with van der Waals surface area (Å²) in [5.41, 5.74) is 2.63. The van der Waals surface area contributed by atoms with Crippen molar-refractivity contribution in [3.8, 4) is 16.4 Å². The molecule has 0 atom stereocenters. The van der Waals surface area contributed by atoms with Gasteiger partial charge in [-0.2, -0.15) is 17.8 Å². The van der Waals surface area contributed by atoms with Gasteiger partial charge in [0.15, 0.2) is 5.69 Å². The van der Waals surface area contributed by atoms with E-state index in [1.165, 1.54) is 21.0 Å². The van der Waals surface area contributed by atoms with Crippen LogP contribution in [0.25, 0.3) is 16.4 Å². The molecule has 0 spiro atoms. The van der Waals surface area contributed by atoms with E-state index in [9.17, 15) is 13.2 Å². The standard InChI is InChI=1S/C18H20N6O4S2/c19-30(27,28)23-8-6-22(7-9-23)10-14-11-24(18-20-15(12-29-18)17(25)26)21-16(14)13-4-2-1-3-5-13/h1-5,11-12H,6-10H2,(H,25,26)(H2,19,27,28). The number of carboxylic acid groups (broad SMARTS) is 1. The van der Waals surface area contributed by atoms with Crippen LogP contribution in [-0.4, -0.2) is 69.6 Å². The number of piperazine rings is 1. The Morgan fingerprint density at radius 2 is 1.87 bits per heavy atom. The number of carboxylic acids is 1. The Hall–Kier alpha value is -2.64. The summed E-state index contributed by atoms with van der Waals surface area (Å²) in [5.74, 6) is -1.08. The molecule has 3 aromatic rings. The van der Waals surface area contributed by atoms with Gasteiger partial charge in [0.05, 0.1) is 5.69 Å². The van der Waals surface area contributed by atoms with Crippen molar-refractivity contribution < 1.29 is 18.3 Å². The fourth-order valence-corrected chi connectivity index (χ4v) is 4.71. The Labute approximate surface area is 177 Å². The summed E-state index contributed by atoms with van der Waals surface area (Å²) in [6, 6.07) is 9.69. The number of hydrogen-bond donors (Lipinski definition) is 2. The average molecular weight is 449 g/mol. The van der Waals surface area contributed by atoms with Gasteiger partial charge in [0.1, 0.15) is 0 Å². The number of hydrogen-bond acceptors (Lipinski definition) is 7. The van der Waals surface area contributed by atoms with Gasteiger partial charge in [-0.1, -0.05) is 30.3 Å². The first kappa shape index (κ1) is 20.6. The van der Waals surface area contributed by atoms with Crippen LogP contribution in [0.2, 0.25) is 0 Å². The molecule has 10 nitrogen and oxygen atoms in total. The molecule has 12 heteroatoms. The Kier molecular flexibility index (Phi) is 5.66. The van der Waals surface area contributed by atoms with Gasteiger partial charge in [-0.3, -0.25) is 4.90 Å². The average Bonchev–Trinajstić information content (AvgIpc) is 3.36. The van der Waals surface area contributed by atoms with Gasteiger partial charge >= 0.3 is 5.97 Å². The molecular weight excluding hydrogens is 428 g/mol. The van der Waals surface area contributed by atoms with E-state index in [1.807, 2.05) is 36.5 Å². The summed E-state index contributed by atoms with van der Waals surface area (Å²) in [7, 11) is -3.67. The van der Waals surface area contributed by atoms with Gasteiger partial charge in [-0.15, -0.1) is 11.3 Å². The topological polar surface area (TPSA) is 135 Å². The third-order valence-electron chi connectivity index (χ3n) is 4.83. The molecule has 4 rings (SSSR count). The number of carbonyl (C=O) groups is 1. The maximum Gasteiger partial charge on any atom is 0.355 e. The lowest BCUT2D eigenvalue weighted by Crippen LogP contribution is -2.50. The second kappa shape index (κ2) is 8.24. The minimum absolute atomic E-state index is 0.0209. The molecule has 0 aliphatic carbocycles. The molecule has 3 N–H and O–H groups in total. The lowest BCUT2D eigenvalue weighted by atomic mass is 10.1. The summed E-state index contributed by atoms with van der Waals surface area (Å²) in [6.45, 7) is 2.34. The van der Waals surface area contributed by atoms with Crippen LogP contribution in [0.3, 0.4) is 0 Å². The summed E-state index contributed by atoms with van der Waals surface area (Å²) >= 11 is 1.20. The number of nitrogens with two attached hydrogens (primary N) is 1. The summed E-state index contributed by atoms with van der Waals surface area (Å²) < 4.78 is 25.9. The highest BCUT2D eigenvalue weighted by molar-refractivity contribution is 7.86. The smallest absolute Gasteiger partial charge is 0.355 e. The molecule has 1 aromatic carbocycles. The fraction of sp³-hybridized carbons (Fsp3) is 0.278. The number of nitrogens with zero attached hydrogens (tertiary/aromatic N) is 5. The van der Waals surface area contributed by atoms with E-state index < -0.39 is 16.2 Å². The largest absolute Gasteiger partial charge is 0.476 e. The van der Waals surface area contributed by atoms with E-state index in [1.54, 1.807) is 4.68 Å². The molecule has 0 saturated carbocycles. The highest BCUT2D eigenvalue weighted by Gasteiger charge is 2.25. The van der Waals surface area contributed by atoms with Gasteiger partial charge < -0.3 is 5.11 Å². The molecule has 0 bridgehead atoms. The molecule has 158 valence electrons. The third-order valence-corrected chi connectivity index (χ3v) is 6.74. The van der Waals surface area contributed by atoms with Gasteiger partial charge in [-0.05, 0) is 0 Å². The zero-order valence-electron chi connectivity index (χ0n) is 15.9. The van der Waals surface area contributed by atoms with E-state index in [0.29, 0.717) is 37.9 Å². The normalized spacial score (nSPS) is 16.0. The monoisotopic (exact) mass is 448 g/mol. The lowest BCUT2D eigenvalue weighted by molar-refractivity contribution is 0.0691. The number of aromatic nitrogens is 3. The number of rotatable bonds is 6. The van der Waals surface area contributed by atoms with E-state index >= 15 is 0 Å². The Morgan fingerprint density at radius 1 is 1.17 bits per heavy atom. The molecule has 0 unspecified atom stereocenters. The highest BCUT2D eigenvalue weighted by atomic mass is 32.2. The van der Waals surface area contributed by atoms with Crippen LogP contribution < -0.4 is 5.14 Å². The van der Waals surface area contributed by atoms with Gasteiger partial charge in [0.25, 0.3) is 10.2 Å². The Morgan fingerprint density at radius 3 is 2.47 bits per heavy atom. The first-order valence-electron chi connectivity index (χ1n) is 9.14. The van der Waals surface area contributed by atoms with Crippen molar-refractivity contribution in [2.45, 2.75) is 6.54 Å². The third kappa shape index (κ3) is 4.42. The zero-order chi connectivity index (χ0) is 21.3. The van der Waals surface area contributed by atoms with Crippen LogP contribution in [0, 0.1) is 0 Å². The van der Waals surface area contributed by atoms with Crippen molar-refractivity contribution >= 4 is 27.5 Å². The molecule has 1 aliphatic heterocycles. The molecule has 0 radical (unpaired) electrons. The van der Waals surface area contributed by atoms with Crippen LogP contribution in [-0.2, 0) is 16.8 Å². The van der Waals surface area contributed by atoms with Gasteiger partial charge in [0.2, 0.25) is 5.13 Å². The second-order valence-electron chi connectivity index (χ2n) is 6.85. The number of aromatic carboxylic acids is 1. The summed E-state index contributed by atoms with van der Waals surface area (Å²) in [6.07, 6.45) is 1.85. The van der Waals surface area contributed by atoms with Gasteiger partial charge in [-0.25, -0.2) is 19.6 Å². The zero-order valence-corrected chi connectivity index (χ0v) is 17.5. The molecule has 30 heavy (non-hydrogen) atoms. The maximum atomic E-state index is 11.5. The first-order valence-corrected chi connectivity index (χ1v) is 11.5. The van der Waals surface area contributed by atoms with Crippen LogP contribution >= 0.6 is 11.3 Å². The van der Waals surface area contributed by atoms with E-state index in [4.69, 9.17) is 10.2 Å². The first-order chi connectivity index (χ1) is 14.3. The number of thiazole rings is 1. The lowest BCUT2D eigenvalue weighted by Gasteiger charge is -2.32. The van der Waals surface area contributed by atoms with Crippen molar-refractivity contribution in [3.63, 3.8) is 0 Å². The molecule has 1 aliphatic rings. The van der Waals surface area contributed by atoms with Crippen LogP contribution in [0.4, 0.5) is 0 Å². The quantitative estimate of drug-likeness (QED) is 0.575. The SMILES string of the molecule is NS(=O)(=O)N1CCN(Cc2cn(-c3nc(C(=O)O)cs3)nc2-c2ccccc2)CC1. The van der Waals surface area contributed by atoms with Crippen molar-refractivity contribution in [1.29, 1.82) is 0 Å². The van der Waals surface area contributed by atoms with E-state index in [0.717, 1.165) is 16.8 Å². The molecule has 1 saturated heterocycles. The highest BCUT2D eigenvalue weighted by Crippen LogP contribution is 2.26. The summed E-state index contributed by atoms with van der Waals surface area (Å²) in [5, 5.41) is 21.0. The van der Waals surface area contributed by atoms with Crippen molar-refractivity contribution in [3.05, 3.63) is 53.2 Å². The molecular formula is C18H20N6O4S2. The number of benzene rings is 1. The van der Waals surface area contributed by atoms with E-state index in [2.05, 4.69) is 15.0 Å². The van der Waals surface area contributed by atoms with Crippen LogP contribution in [0.1, 0.15) is 16.1 Å². The Balaban J connectivity index is 1.61. The summed E-state index contributed by atoms with van der Waals surface area (Å²) in [4.78, 5) is 17.4. The maximum absolute atomic E-state index is 11.5. The minimum Gasteiger partial charge on any atom is -0.476 e. The van der Waals surface area contributed by atoms with Crippen molar-refractivity contribution in [2.24, 2.45) is 5.14 Å². The van der Waals surface area contributed by atoms with Gasteiger partial charge in [0, 0.05) is 55.4 Å². The van der Waals surface area contributed by atoms with Crippen molar-refractivity contribution in [2.75, 3.05) is 26.2 Å². The molecule has 3 heterocycles. The second-order valence-corrected chi connectivity index (χ2v) is 9.24. The molecule has 0 amide bonds.